The van der Waals surface area contributed by atoms with Gasteiger partial charge in [0.2, 0.25) is 5.84 Å². The summed E-state index contributed by atoms with van der Waals surface area (Å²) in [4.78, 5) is 13.3. The minimum Gasteiger partial charge on any atom is -0.489 e. The van der Waals surface area contributed by atoms with Crippen molar-refractivity contribution in [3.8, 4) is 0 Å². The Morgan fingerprint density at radius 1 is 1.40 bits per heavy atom. The number of alkyl halides is 3. The Labute approximate surface area is 175 Å². The molecule has 0 aromatic heterocycles. The largest absolute Gasteiger partial charge is 0.489 e. The van der Waals surface area contributed by atoms with Gasteiger partial charge in [0.15, 0.2) is 6.10 Å². The maximum absolute atomic E-state index is 12.8. The third-order valence-corrected chi connectivity index (χ3v) is 4.94. The Hall–Kier alpha value is -2.43. The number of ether oxygens (including phenoxy) is 1. The molecule has 0 bridgehead atoms. The number of urea groups is 1. The molecule has 0 aliphatic carbocycles. The van der Waals surface area contributed by atoms with E-state index in [9.17, 15) is 28.2 Å². The third-order valence-electron chi connectivity index (χ3n) is 4.69. The number of hydrogen-bond acceptors (Lipinski definition) is 5. The summed E-state index contributed by atoms with van der Waals surface area (Å²) >= 11 is 5.86. The van der Waals surface area contributed by atoms with Crippen LogP contribution < -0.4 is 0 Å². The average molecular weight is 447 g/mol. The van der Waals surface area contributed by atoms with Gasteiger partial charge in [-0.3, -0.25) is 5.41 Å². The molecule has 1 unspecified atom stereocenters. The number of carbonyl (C=O) groups is 1. The first-order chi connectivity index (χ1) is 13.9. The summed E-state index contributed by atoms with van der Waals surface area (Å²) in [5.41, 5.74) is -0.717. The SMILES string of the molecule is CC1(O)CC=C(C(=N)C[N+]2=C(c3ccc(Cl)cc3)N(C[C@H](O)C(F)(F)F)C2=O)OC1. The summed E-state index contributed by atoms with van der Waals surface area (Å²) in [6.07, 6.45) is -5.80. The predicted octanol–water partition coefficient (Wildman–Crippen LogP) is 2.53. The highest BCUT2D eigenvalue weighted by Crippen LogP contribution is 2.26. The van der Waals surface area contributed by atoms with E-state index in [1.165, 1.54) is 30.3 Å². The number of nitrogens with one attached hydrogen (secondary N) is 1. The van der Waals surface area contributed by atoms with Gasteiger partial charge in [-0.1, -0.05) is 11.6 Å². The lowest BCUT2D eigenvalue weighted by Gasteiger charge is -2.33. The van der Waals surface area contributed by atoms with Crippen molar-refractivity contribution in [3.05, 3.63) is 46.7 Å². The zero-order valence-electron chi connectivity index (χ0n) is 15.9. The lowest BCUT2D eigenvalue weighted by molar-refractivity contribution is -0.452. The van der Waals surface area contributed by atoms with E-state index < -0.39 is 30.5 Å². The predicted molar refractivity (Wildman–Crippen MR) is 102 cm³/mol. The Balaban J connectivity index is 1.88. The van der Waals surface area contributed by atoms with Gasteiger partial charge < -0.3 is 14.9 Å². The molecule has 3 rings (SSSR count). The van der Waals surface area contributed by atoms with E-state index in [1.54, 1.807) is 6.92 Å². The van der Waals surface area contributed by atoms with Gasteiger partial charge in [-0.25, -0.2) is 4.79 Å². The molecule has 30 heavy (non-hydrogen) atoms. The lowest BCUT2D eigenvalue weighted by atomic mass is 10.00. The van der Waals surface area contributed by atoms with Crippen molar-refractivity contribution >= 4 is 29.2 Å². The van der Waals surface area contributed by atoms with Gasteiger partial charge in [-0.05, 0) is 37.3 Å². The number of benzene rings is 1. The Morgan fingerprint density at radius 3 is 2.57 bits per heavy atom. The van der Waals surface area contributed by atoms with Crippen molar-refractivity contribution in [2.45, 2.75) is 31.2 Å². The molecule has 0 saturated heterocycles. The normalized spacial score (nSPS) is 23.0. The topological polar surface area (TPSA) is 96.9 Å². The molecule has 2 atom stereocenters. The zero-order chi connectivity index (χ0) is 22.3. The number of aliphatic hydroxyl groups excluding tert-OH is 1. The van der Waals surface area contributed by atoms with Gasteiger partial charge in [0, 0.05) is 17.0 Å². The molecule has 162 valence electrons. The van der Waals surface area contributed by atoms with Crippen LogP contribution in [-0.2, 0) is 4.74 Å². The zero-order valence-corrected chi connectivity index (χ0v) is 16.7. The van der Waals surface area contributed by atoms with Crippen molar-refractivity contribution in [1.29, 1.82) is 5.41 Å². The summed E-state index contributed by atoms with van der Waals surface area (Å²) in [6.45, 7) is 0.349. The summed E-state index contributed by atoms with van der Waals surface area (Å²) in [7, 11) is 0. The van der Waals surface area contributed by atoms with Crippen LogP contribution in [0.15, 0.2) is 36.1 Å². The van der Waals surface area contributed by atoms with Crippen molar-refractivity contribution in [3.63, 3.8) is 0 Å². The standard InChI is InChI=1S/C19H20ClF3N3O4/c1-18(29)7-6-14(30-10-18)13(24)8-25-16(11-2-4-12(20)5-3-11)26(17(25)28)9-15(27)19(21,22)23/h2-6,15,24,27,29H,7-10H2,1H3/q+1/t15-,18?/m0/s1. The van der Waals surface area contributed by atoms with Crippen molar-refractivity contribution < 1.29 is 37.5 Å². The first kappa shape index (κ1) is 22.3. The van der Waals surface area contributed by atoms with E-state index in [2.05, 4.69) is 0 Å². The van der Waals surface area contributed by atoms with Crippen molar-refractivity contribution in [2.75, 3.05) is 19.7 Å². The summed E-state index contributed by atoms with van der Waals surface area (Å²) < 4.78 is 44.9. The molecule has 3 N–H and O–H groups in total. The number of nitrogens with zero attached hydrogens (tertiary/aromatic N) is 2. The molecule has 2 heterocycles. The molecule has 2 aliphatic rings. The Morgan fingerprint density at radius 2 is 2.03 bits per heavy atom. The van der Waals surface area contributed by atoms with Gasteiger partial charge in [0.25, 0.3) is 0 Å². The van der Waals surface area contributed by atoms with Crippen LogP contribution in [0.4, 0.5) is 18.0 Å². The average Bonchev–Trinajstić information content (AvgIpc) is 2.66. The molecule has 0 fully saturated rings. The van der Waals surface area contributed by atoms with Gasteiger partial charge in [-0.15, -0.1) is 0 Å². The van der Waals surface area contributed by atoms with Crippen LogP contribution in [0.3, 0.4) is 0 Å². The number of amidine groups is 1. The second-order valence-corrected chi connectivity index (χ2v) is 7.84. The fourth-order valence-corrected chi connectivity index (χ4v) is 3.16. The van der Waals surface area contributed by atoms with Gasteiger partial charge in [0.05, 0.1) is 5.60 Å². The summed E-state index contributed by atoms with van der Waals surface area (Å²) in [5, 5.41) is 27.9. The quantitative estimate of drug-likeness (QED) is 0.462. The smallest absolute Gasteiger partial charge is 0.446 e. The number of rotatable bonds is 6. The number of halogens is 4. The number of aliphatic hydroxyl groups is 2. The van der Waals surface area contributed by atoms with Gasteiger partial charge >= 0.3 is 12.2 Å². The van der Waals surface area contributed by atoms with Crippen LogP contribution in [0.2, 0.25) is 5.02 Å². The van der Waals surface area contributed by atoms with Gasteiger partial charge in [-0.2, -0.15) is 22.6 Å². The summed E-state index contributed by atoms with van der Waals surface area (Å²) in [6, 6.07) is 5.31. The third kappa shape index (κ3) is 4.66. The highest BCUT2D eigenvalue weighted by Gasteiger charge is 2.50. The van der Waals surface area contributed by atoms with E-state index in [0.29, 0.717) is 10.6 Å². The molecule has 7 nitrogen and oxygen atoms in total. The molecular weight excluding hydrogens is 427 g/mol. The Kier molecular flexibility index (Phi) is 5.94. The number of carbonyl (C=O) groups excluding carboxylic acids is 1. The first-order valence-corrected chi connectivity index (χ1v) is 9.37. The first-order valence-electron chi connectivity index (χ1n) is 8.99. The minimum atomic E-state index is -4.88. The van der Waals surface area contributed by atoms with Crippen LogP contribution in [0, 0.1) is 5.41 Å². The molecule has 0 spiro atoms. The molecule has 2 aliphatic heterocycles. The number of amides is 2. The molecular formula is C19H20ClF3N3O4+. The van der Waals surface area contributed by atoms with Crippen LogP contribution >= 0.6 is 11.6 Å². The fraction of sp³-hybridized carbons (Fsp3) is 0.421. The molecule has 1 aromatic rings. The maximum atomic E-state index is 12.8. The molecule has 2 amide bonds. The highest BCUT2D eigenvalue weighted by molar-refractivity contribution is 6.30. The number of β-amino-alcohol motifs (C(OH)–C–C–N with tert-alkyl or cyclic N) is 1. The number of hydrogen-bond donors (Lipinski definition) is 3. The van der Waals surface area contributed by atoms with E-state index >= 15 is 0 Å². The van der Waals surface area contributed by atoms with Crippen molar-refractivity contribution in [2.24, 2.45) is 0 Å². The molecule has 0 saturated carbocycles. The monoisotopic (exact) mass is 446 g/mol. The van der Waals surface area contributed by atoms with Gasteiger partial charge in [0.1, 0.15) is 31.2 Å². The van der Waals surface area contributed by atoms with E-state index in [1.807, 2.05) is 0 Å². The maximum Gasteiger partial charge on any atom is 0.446 e. The van der Waals surface area contributed by atoms with Crippen LogP contribution in [0.25, 0.3) is 0 Å². The highest BCUT2D eigenvalue weighted by atomic mass is 35.5. The molecule has 11 heteroatoms. The minimum absolute atomic E-state index is 0.0210. The Bertz CT molecular complexity index is 926. The van der Waals surface area contributed by atoms with Crippen LogP contribution in [-0.4, -0.2) is 74.8 Å². The second-order valence-electron chi connectivity index (χ2n) is 7.40. The van der Waals surface area contributed by atoms with E-state index in [4.69, 9.17) is 21.7 Å². The van der Waals surface area contributed by atoms with E-state index in [0.717, 1.165) is 9.48 Å². The van der Waals surface area contributed by atoms with Crippen LogP contribution in [0.5, 0.6) is 0 Å². The van der Waals surface area contributed by atoms with Crippen LogP contribution in [0.1, 0.15) is 18.9 Å². The van der Waals surface area contributed by atoms with Crippen molar-refractivity contribution in [1.82, 2.24) is 4.90 Å². The summed E-state index contributed by atoms with van der Waals surface area (Å²) in [5.74, 6) is 0.312. The lowest BCUT2D eigenvalue weighted by Crippen LogP contribution is -2.62. The second kappa shape index (κ2) is 8.01. The van der Waals surface area contributed by atoms with E-state index in [-0.39, 0.29) is 36.9 Å². The molecule has 1 aromatic carbocycles. The fourth-order valence-electron chi connectivity index (χ4n) is 3.03. The molecule has 0 radical (unpaired) electrons.